The first kappa shape index (κ1) is 16.8. The van der Waals surface area contributed by atoms with Crippen molar-refractivity contribution in [2.24, 2.45) is 0 Å². The van der Waals surface area contributed by atoms with Crippen molar-refractivity contribution in [2.75, 3.05) is 25.0 Å². The van der Waals surface area contributed by atoms with Crippen molar-refractivity contribution >= 4 is 11.5 Å². The summed E-state index contributed by atoms with van der Waals surface area (Å²) in [6, 6.07) is 3.93. The number of aromatic nitrogens is 4. The maximum Gasteiger partial charge on any atom is 0.203 e. The number of rotatable bonds is 5. The molecule has 136 valence electrons. The van der Waals surface area contributed by atoms with Gasteiger partial charge in [0.1, 0.15) is 17.5 Å². The maximum absolute atomic E-state index is 13.3. The van der Waals surface area contributed by atoms with E-state index in [1.54, 1.807) is 6.20 Å². The van der Waals surface area contributed by atoms with Crippen LogP contribution in [0, 0.1) is 11.6 Å². The molecule has 8 heteroatoms. The zero-order valence-corrected chi connectivity index (χ0v) is 14.7. The molecule has 0 atom stereocenters. The van der Waals surface area contributed by atoms with Crippen molar-refractivity contribution in [3.63, 3.8) is 0 Å². The van der Waals surface area contributed by atoms with Crippen LogP contribution in [0.2, 0.25) is 0 Å². The lowest BCUT2D eigenvalue weighted by Crippen LogP contribution is -2.58. The number of anilines is 1. The molecule has 0 radical (unpaired) electrons. The Labute approximate surface area is 150 Å². The molecule has 0 amide bonds. The number of aryl methyl sites for hydroxylation is 1. The van der Waals surface area contributed by atoms with Crippen LogP contribution < -0.4 is 4.90 Å². The number of benzene rings is 1. The molecule has 1 aliphatic heterocycles. The fourth-order valence-electron chi connectivity index (χ4n) is 3.35. The molecule has 1 aromatic carbocycles. The minimum Gasteiger partial charge on any atom is -0.350 e. The van der Waals surface area contributed by atoms with E-state index in [0.717, 1.165) is 42.9 Å². The molecule has 0 N–H and O–H groups in total. The summed E-state index contributed by atoms with van der Waals surface area (Å²) >= 11 is 0. The van der Waals surface area contributed by atoms with Crippen LogP contribution in [0.1, 0.15) is 18.3 Å². The molecule has 1 fully saturated rings. The van der Waals surface area contributed by atoms with Gasteiger partial charge >= 0.3 is 0 Å². The third kappa shape index (κ3) is 3.01. The van der Waals surface area contributed by atoms with E-state index in [1.807, 2.05) is 24.6 Å². The molecular formula is C18H20F2N6. The minimum atomic E-state index is -0.543. The predicted octanol–water partition coefficient (Wildman–Crippen LogP) is 2.29. The normalized spacial score (nSPS) is 15.0. The monoisotopic (exact) mass is 358 g/mol. The Balaban J connectivity index is 1.44. The molecule has 1 aliphatic rings. The second kappa shape index (κ2) is 6.60. The molecular weight excluding hydrogens is 338 g/mol. The number of hydrogen-bond donors (Lipinski definition) is 0. The Morgan fingerprint density at radius 1 is 1.15 bits per heavy atom. The van der Waals surface area contributed by atoms with Crippen molar-refractivity contribution in [1.82, 2.24) is 24.5 Å². The van der Waals surface area contributed by atoms with Crippen LogP contribution in [0.5, 0.6) is 0 Å². The number of halogens is 2. The highest BCUT2D eigenvalue weighted by molar-refractivity contribution is 5.65. The van der Waals surface area contributed by atoms with E-state index in [1.165, 1.54) is 12.1 Å². The van der Waals surface area contributed by atoms with Gasteiger partial charge in [-0.15, -0.1) is 10.2 Å². The largest absolute Gasteiger partial charge is 0.350 e. The molecule has 0 unspecified atom stereocenters. The van der Waals surface area contributed by atoms with Crippen LogP contribution in [-0.2, 0) is 13.0 Å². The van der Waals surface area contributed by atoms with E-state index in [0.29, 0.717) is 12.1 Å². The second-order valence-electron chi connectivity index (χ2n) is 6.67. The molecule has 2 aromatic heterocycles. The molecule has 3 aromatic rings. The Hall–Kier alpha value is -2.61. The Kier molecular flexibility index (Phi) is 4.28. The molecule has 0 saturated carbocycles. The van der Waals surface area contributed by atoms with Crippen LogP contribution in [-0.4, -0.2) is 50.7 Å². The van der Waals surface area contributed by atoms with E-state index < -0.39 is 11.6 Å². The van der Waals surface area contributed by atoms with Crippen molar-refractivity contribution in [3.8, 4) is 0 Å². The summed E-state index contributed by atoms with van der Waals surface area (Å²) in [7, 11) is 1.96. The van der Waals surface area contributed by atoms with Crippen LogP contribution >= 0.6 is 0 Å². The smallest absolute Gasteiger partial charge is 0.203 e. The SMILES string of the molecule is CCc1nnc2c(N3CC(N(C)Cc4cc(F)cc(F)c4)C3)nccn12. The topological polar surface area (TPSA) is 49.6 Å². The van der Waals surface area contributed by atoms with Crippen molar-refractivity contribution in [1.29, 1.82) is 0 Å². The molecule has 4 rings (SSSR count). The molecule has 3 heterocycles. The molecule has 6 nitrogen and oxygen atoms in total. The van der Waals surface area contributed by atoms with Gasteiger partial charge in [-0.05, 0) is 24.7 Å². The standard InChI is InChI=1S/C18H20F2N6/c1-3-16-22-23-18-17(21-4-5-26(16)18)25-10-15(11-25)24(2)9-12-6-13(19)8-14(20)7-12/h4-8,15H,3,9-11H2,1-2H3. The van der Waals surface area contributed by atoms with Gasteiger partial charge in [-0.25, -0.2) is 13.8 Å². The van der Waals surface area contributed by atoms with Gasteiger partial charge in [0.05, 0.1) is 0 Å². The number of hydrogen-bond acceptors (Lipinski definition) is 5. The van der Waals surface area contributed by atoms with Gasteiger partial charge in [0.2, 0.25) is 5.65 Å². The van der Waals surface area contributed by atoms with Gasteiger partial charge in [0.15, 0.2) is 5.82 Å². The quantitative estimate of drug-likeness (QED) is 0.700. The highest BCUT2D eigenvalue weighted by Crippen LogP contribution is 2.25. The highest BCUT2D eigenvalue weighted by atomic mass is 19.1. The molecule has 26 heavy (non-hydrogen) atoms. The van der Waals surface area contributed by atoms with Gasteiger partial charge in [-0.2, -0.15) is 0 Å². The van der Waals surface area contributed by atoms with Gasteiger partial charge in [0.25, 0.3) is 0 Å². The zero-order chi connectivity index (χ0) is 18.3. The van der Waals surface area contributed by atoms with Crippen LogP contribution in [0.3, 0.4) is 0 Å². The maximum atomic E-state index is 13.3. The summed E-state index contributed by atoms with van der Waals surface area (Å²) in [4.78, 5) is 8.72. The first-order valence-electron chi connectivity index (χ1n) is 8.64. The first-order chi connectivity index (χ1) is 12.5. The third-order valence-electron chi connectivity index (χ3n) is 4.83. The summed E-state index contributed by atoms with van der Waals surface area (Å²) in [5.41, 5.74) is 1.39. The van der Waals surface area contributed by atoms with E-state index in [4.69, 9.17) is 0 Å². The van der Waals surface area contributed by atoms with E-state index >= 15 is 0 Å². The van der Waals surface area contributed by atoms with Crippen molar-refractivity contribution < 1.29 is 8.78 Å². The van der Waals surface area contributed by atoms with Gasteiger partial charge < -0.3 is 4.90 Å². The van der Waals surface area contributed by atoms with Gasteiger partial charge in [-0.1, -0.05) is 6.92 Å². The second-order valence-corrected chi connectivity index (χ2v) is 6.67. The van der Waals surface area contributed by atoms with E-state index in [2.05, 4.69) is 25.0 Å². The van der Waals surface area contributed by atoms with Gasteiger partial charge in [-0.3, -0.25) is 9.30 Å². The summed E-state index contributed by atoms with van der Waals surface area (Å²) in [6.45, 7) is 4.11. The lowest BCUT2D eigenvalue weighted by molar-refractivity contribution is 0.196. The Morgan fingerprint density at radius 2 is 1.88 bits per heavy atom. The fourth-order valence-corrected chi connectivity index (χ4v) is 3.35. The molecule has 0 aliphatic carbocycles. The summed E-state index contributed by atoms with van der Waals surface area (Å²) in [5, 5.41) is 8.47. The number of nitrogens with zero attached hydrogens (tertiary/aromatic N) is 6. The highest BCUT2D eigenvalue weighted by Gasteiger charge is 2.32. The Morgan fingerprint density at radius 3 is 2.58 bits per heavy atom. The summed E-state index contributed by atoms with van der Waals surface area (Å²) < 4.78 is 28.7. The first-order valence-corrected chi connectivity index (χ1v) is 8.64. The van der Waals surface area contributed by atoms with Crippen LogP contribution in [0.15, 0.2) is 30.6 Å². The summed E-state index contributed by atoms with van der Waals surface area (Å²) in [6.07, 6.45) is 4.44. The van der Waals surface area contributed by atoms with Crippen LogP contribution in [0.25, 0.3) is 5.65 Å². The van der Waals surface area contributed by atoms with Crippen molar-refractivity contribution in [2.45, 2.75) is 25.9 Å². The third-order valence-corrected chi connectivity index (χ3v) is 4.83. The average molecular weight is 358 g/mol. The molecule has 0 spiro atoms. The lowest BCUT2D eigenvalue weighted by Gasteiger charge is -2.44. The van der Waals surface area contributed by atoms with Gasteiger partial charge in [0, 0.05) is 50.6 Å². The Bertz CT molecular complexity index is 914. The lowest BCUT2D eigenvalue weighted by atomic mass is 10.1. The number of fused-ring (bicyclic) bond motifs is 1. The van der Waals surface area contributed by atoms with Crippen molar-refractivity contribution in [3.05, 3.63) is 53.6 Å². The molecule has 0 bridgehead atoms. The van der Waals surface area contributed by atoms with E-state index in [9.17, 15) is 8.78 Å². The number of likely N-dealkylation sites (N-methyl/N-ethyl adjacent to an activating group) is 1. The predicted molar refractivity (Wildman–Crippen MR) is 94.0 cm³/mol. The molecule has 1 saturated heterocycles. The fraction of sp³-hybridized carbons (Fsp3) is 0.389. The average Bonchev–Trinajstić information content (AvgIpc) is 2.96. The van der Waals surface area contributed by atoms with Crippen LogP contribution in [0.4, 0.5) is 14.6 Å². The zero-order valence-electron chi connectivity index (χ0n) is 14.7. The van der Waals surface area contributed by atoms with E-state index in [-0.39, 0.29) is 6.04 Å². The summed E-state index contributed by atoms with van der Waals surface area (Å²) in [5.74, 6) is 0.642. The minimum absolute atomic E-state index is 0.289.